The van der Waals surface area contributed by atoms with Crippen LogP contribution in [0.1, 0.15) is 128 Å². The molecule has 0 bridgehead atoms. The van der Waals surface area contributed by atoms with Gasteiger partial charge in [0.25, 0.3) is 11.8 Å². The Morgan fingerprint density at radius 1 is 0.882 bits per heavy atom. The van der Waals surface area contributed by atoms with Crippen molar-refractivity contribution in [3.63, 3.8) is 0 Å². The number of aliphatic hydroxyl groups excluding tert-OH is 1. The molecular formula is C61H84N4O11. The van der Waals surface area contributed by atoms with Crippen molar-refractivity contribution in [2.45, 2.75) is 161 Å². The van der Waals surface area contributed by atoms with Crippen molar-refractivity contribution in [1.82, 2.24) is 10.2 Å². The molecule has 414 valence electrons. The quantitative estimate of drug-likeness (QED) is 0.0151. The lowest BCUT2D eigenvalue weighted by atomic mass is 9.92. The average molecular weight is 1050 g/mol. The maximum absolute atomic E-state index is 13.0. The number of nitrogens with zero attached hydrogens (tertiary/aromatic N) is 2. The second-order valence-corrected chi connectivity index (χ2v) is 20.4. The number of Topliss-reactive ketones (excluding diaryl/α,β-unsaturated/α-hetero) is 1. The number of ketones is 1. The molecule has 2 heterocycles. The molecule has 1 aromatic rings. The minimum atomic E-state index is -1.31. The highest BCUT2D eigenvalue weighted by molar-refractivity contribution is 6.05. The third-order valence-corrected chi connectivity index (χ3v) is 14.1. The number of aliphatic imine (C=N–C) groups is 1. The molecule has 2 amide bonds. The van der Waals surface area contributed by atoms with Crippen LogP contribution in [0.25, 0.3) is 0 Å². The second kappa shape index (κ2) is 31.3. The highest BCUT2D eigenvalue weighted by Gasteiger charge is 2.60. The lowest BCUT2D eigenvalue weighted by Crippen LogP contribution is -2.60. The first-order valence-electron chi connectivity index (χ1n) is 27.1. The number of esters is 1. The van der Waals surface area contributed by atoms with Gasteiger partial charge in [-0.2, -0.15) is 4.99 Å². The third kappa shape index (κ3) is 18.6. The van der Waals surface area contributed by atoms with Crippen molar-refractivity contribution in [2.24, 2.45) is 28.5 Å². The van der Waals surface area contributed by atoms with Crippen molar-refractivity contribution in [3.05, 3.63) is 144 Å². The number of rotatable bonds is 26. The SMILES string of the molecule is COC(=O)C1OC(OC(C(C)=CC(C)CCCC=CC(C)CC=CCCCN(C)C(N)=NC(=O)c2ccccc2)C(C)C=CC=CC=CC=CC=C(C)C(=O)NC2=C(OC)CCC2=O)C2OC3(CCCCC3)OC2C1O. The Balaban J connectivity index is 1.16. The lowest BCUT2D eigenvalue weighted by molar-refractivity contribution is -0.286. The Morgan fingerprint density at radius 3 is 2.28 bits per heavy atom. The fraction of sp³-hybridized carbons (Fsp3) is 0.525. The Hall–Kier alpha value is -5.97. The Morgan fingerprint density at radius 2 is 1.57 bits per heavy atom. The highest BCUT2D eigenvalue weighted by Crippen LogP contribution is 2.46. The number of ether oxygens (including phenoxy) is 6. The van der Waals surface area contributed by atoms with Gasteiger partial charge in [0.05, 0.1) is 20.3 Å². The van der Waals surface area contributed by atoms with Crippen LogP contribution in [0.3, 0.4) is 0 Å². The Kier molecular flexibility index (Phi) is 25.1. The largest absolute Gasteiger partial charge is 0.499 e. The topological polar surface area (TPSA) is 198 Å². The molecule has 2 aliphatic carbocycles. The molecule has 5 rings (SSSR count). The molecule has 1 spiro atoms. The number of methoxy groups -OCH3 is 2. The standard InChI is InChI=1S/C61H84N4O11/c1-42(29-19-14-15-28-40-65(6)60(62)64-57(69)47-34-24-17-25-35-47)30-20-16-21-31-43(2)41-46(5)52(73-59-55-53(51(67)54(74-59)58(70)72-8)75-61(76-55)38-26-18-27-39-61)44(3)32-22-12-10-9-11-13-23-33-45(4)56(68)63-50-48(66)36-37-49(50)71-7/h9-14,17,19-20,22-25,30,32-35,41-44,51-55,59,67H,15-16,18,21,26-29,31,36-40H2,1-8H3,(H,63,68)(H2,62,64,69). The molecule has 4 N–H and O–H groups in total. The number of fused-ring (bicyclic) bond motifs is 1. The van der Waals surface area contributed by atoms with Crippen molar-refractivity contribution in [2.75, 3.05) is 27.8 Å². The van der Waals surface area contributed by atoms with E-state index >= 15 is 0 Å². The van der Waals surface area contributed by atoms with Crippen LogP contribution in [-0.2, 0) is 42.8 Å². The molecule has 2 aliphatic heterocycles. The van der Waals surface area contributed by atoms with E-state index < -0.39 is 48.6 Å². The van der Waals surface area contributed by atoms with Crippen LogP contribution in [0.15, 0.2) is 143 Å². The number of hydrogen-bond donors (Lipinski definition) is 3. The summed E-state index contributed by atoms with van der Waals surface area (Å²) in [6.07, 6.45) is 33.1. The van der Waals surface area contributed by atoms with Crippen LogP contribution < -0.4 is 11.1 Å². The van der Waals surface area contributed by atoms with Gasteiger partial charge in [-0.3, -0.25) is 14.4 Å². The van der Waals surface area contributed by atoms with E-state index in [9.17, 15) is 24.3 Å². The van der Waals surface area contributed by atoms with Gasteiger partial charge in [0.2, 0.25) is 0 Å². The van der Waals surface area contributed by atoms with Crippen molar-refractivity contribution in [1.29, 1.82) is 0 Å². The number of nitrogens with one attached hydrogen (secondary N) is 1. The van der Waals surface area contributed by atoms with Gasteiger partial charge in [0, 0.05) is 56.3 Å². The van der Waals surface area contributed by atoms with Crippen molar-refractivity contribution >= 4 is 29.5 Å². The molecule has 9 atom stereocenters. The summed E-state index contributed by atoms with van der Waals surface area (Å²) in [6.45, 7) is 10.9. The molecule has 4 aliphatic rings. The number of benzene rings is 1. The van der Waals surface area contributed by atoms with E-state index in [4.69, 9.17) is 34.2 Å². The minimum Gasteiger partial charge on any atom is -0.499 e. The van der Waals surface area contributed by atoms with Crippen LogP contribution in [-0.4, -0.2) is 110 Å². The van der Waals surface area contributed by atoms with E-state index in [0.29, 0.717) is 55.0 Å². The average Bonchev–Trinajstić information content (AvgIpc) is 4.00. The third-order valence-electron chi connectivity index (χ3n) is 14.1. The summed E-state index contributed by atoms with van der Waals surface area (Å²) in [5, 5.41) is 14.1. The summed E-state index contributed by atoms with van der Waals surface area (Å²) < 4.78 is 36.6. The highest BCUT2D eigenvalue weighted by atomic mass is 16.8. The van der Waals surface area contributed by atoms with Crippen molar-refractivity contribution in [3.8, 4) is 0 Å². The van der Waals surface area contributed by atoms with E-state index in [2.05, 4.69) is 74.5 Å². The number of carbonyl (C=O) groups is 4. The molecule has 2 saturated heterocycles. The number of hydrogen-bond acceptors (Lipinski definition) is 11. The van der Waals surface area contributed by atoms with E-state index in [1.54, 1.807) is 48.2 Å². The number of unbranched alkanes of at least 4 members (excludes halogenated alkanes) is 2. The zero-order chi connectivity index (χ0) is 55.0. The predicted octanol–water partition coefficient (Wildman–Crippen LogP) is 9.98. The van der Waals surface area contributed by atoms with Gasteiger partial charge >= 0.3 is 5.97 Å². The first-order valence-corrected chi connectivity index (χ1v) is 27.1. The van der Waals surface area contributed by atoms with E-state index in [-0.39, 0.29) is 41.1 Å². The number of allylic oxidation sites excluding steroid dienone is 15. The molecule has 15 heteroatoms. The van der Waals surface area contributed by atoms with Gasteiger partial charge in [0.1, 0.15) is 29.8 Å². The molecule has 3 fully saturated rings. The number of carbonyl (C=O) groups excluding carboxylic acids is 4. The number of nitrogens with two attached hydrogens (primary N) is 1. The number of aliphatic hydroxyl groups is 1. The van der Waals surface area contributed by atoms with Crippen molar-refractivity contribution < 1.29 is 52.7 Å². The fourth-order valence-electron chi connectivity index (χ4n) is 9.69. The normalized spacial score (nSPS) is 24.1. The van der Waals surface area contributed by atoms with Crippen LogP contribution in [0.4, 0.5) is 0 Å². The van der Waals surface area contributed by atoms with Crippen LogP contribution >= 0.6 is 0 Å². The van der Waals surface area contributed by atoms with E-state index in [0.717, 1.165) is 63.4 Å². The van der Waals surface area contributed by atoms with E-state index in [1.165, 1.54) is 14.2 Å². The summed E-state index contributed by atoms with van der Waals surface area (Å²) in [5.41, 5.74) is 8.28. The zero-order valence-corrected chi connectivity index (χ0v) is 46.1. The van der Waals surface area contributed by atoms with Gasteiger partial charge < -0.3 is 49.5 Å². The molecule has 15 nitrogen and oxygen atoms in total. The van der Waals surface area contributed by atoms with Gasteiger partial charge in [-0.1, -0.05) is 130 Å². The lowest BCUT2D eigenvalue weighted by Gasteiger charge is -2.40. The van der Waals surface area contributed by atoms with Crippen LogP contribution in [0, 0.1) is 17.8 Å². The summed E-state index contributed by atoms with van der Waals surface area (Å²) in [7, 11) is 4.61. The van der Waals surface area contributed by atoms with Crippen LogP contribution in [0.2, 0.25) is 0 Å². The second-order valence-electron chi connectivity index (χ2n) is 20.4. The van der Waals surface area contributed by atoms with Gasteiger partial charge in [-0.25, -0.2) is 4.79 Å². The summed E-state index contributed by atoms with van der Waals surface area (Å²) in [4.78, 5) is 56.0. The monoisotopic (exact) mass is 1050 g/mol. The number of guanidine groups is 1. The van der Waals surface area contributed by atoms with E-state index in [1.807, 2.05) is 49.6 Å². The molecule has 1 aromatic carbocycles. The van der Waals surface area contributed by atoms with Gasteiger partial charge in [-0.15, -0.1) is 0 Å². The zero-order valence-electron chi connectivity index (χ0n) is 46.1. The maximum Gasteiger partial charge on any atom is 0.337 e. The smallest absolute Gasteiger partial charge is 0.337 e. The summed E-state index contributed by atoms with van der Waals surface area (Å²) in [6, 6.07) is 8.91. The van der Waals surface area contributed by atoms with Gasteiger partial charge in [0.15, 0.2) is 29.9 Å². The minimum absolute atomic E-state index is 0.134. The van der Waals surface area contributed by atoms with Crippen LogP contribution in [0.5, 0.6) is 0 Å². The molecule has 9 unspecified atom stereocenters. The Bertz CT molecular complexity index is 2390. The summed E-state index contributed by atoms with van der Waals surface area (Å²) >= 11 is 0. The Labute approximate surface area is 451 Å². The molecule has 76 heavy (non-hydrogen) atoms. The fourth-order valence-corrected chi connectivity index (χ4v) is 9.69. The molecule has 0 radical (unpaired) electrons. The molecular weight excluding hydrogens is 965 g/mol. The summed E-state index contributed by atoms with van der Waals surface area (Å²) in [5.74, 6) is -1.21. The first kappa shape index (κ1) is 60.9. The molecule has 0 aromatic heterocycles. The predicted molar refractivity (Wildman–Crippen MR) is 296 cm³/mol. The van der Waals surface area contributed by atoms with Gasteiger partial charge in [-0.05, 0) is 94.8 Å². The number of amides is 2. The molecule has 1 saturated carbocycles. The first-order chi connectivity index (χ1) is 36.6. The maximum atomic E-state index is 13.0.